The molecule has 4 nitrogen and oxygen atoms in total. The Morgan fingerprint density at radius 3 is 3.00 bits per heavy atom. The van der Waals surface area contributed by atoms with Crippen molar-refractivity contribution in [3.8, 4) is 6.07 Å². The topological polar surface area (TPSA) is 52.0 Å². The number of pyridine rings is 1. The lowest BCUT2D eigenvalue weighted by Crippen LogP contribution is -2.56. The highest BCUT2D eigenvalue weighted by Gasteiger charge is 2.21. The predicted molar refractivity (Wildman–Crippen MR) is 54.0 cm³/mol. The Balaban J connectivity index is 2.18. The smallest absolute Gasteiger partial charge is 0.142 e. The van der Waals surface area contributed by atoms with E-state index in [2.05, 4.69) is 15.2 Å². The minimum absolute atomic E-state index is 0.474. The minimum atomic E-state index is 0.474. The number of hydrogen-bond donors (Lipinski definition) is 1. The quantitative estimate of drug-likeness (QED) is 0.728. The molecule has 0 radical (unpaired) electrons. The fourth-order valence-corrected chi connectivity index (χ4v) is 1.46. The number of anilines is 1. The Hall–Kier alpha value is -1.60. The van der Waals surface area contributed by atoms with Gasteiger partial charge in [-0.05, 0) is 12.1 Å². The van der Waals surface area contributed by atoms with Crippen LogP contribution in [0, 0.1) is 11.3 Å². The summed E-state index contributed by atoms with van der Waals surface area (Å²) in [4.78, 5) is 6.12. The summed E-state index contributed by atoms with van der Waals surface area (Å²) in [6, 6.07) is 6.34. The van der Waals surface area contributed by atoms with E-state index in [1.807, 2.05) is 25.2 Å². The van der Waals surface area contributed by atoms with Crippen LogP contribution in [-0.2, 0) is 0 Å². The lowest BCUT2D eigenvalue weighted by Gasteiger charge is -2.37. The van der Waals surface area contributed by atoms with E-state index in [4.69, 9.17) is 5.26 Å². The zero-order valence-electron chi connectivity index (χ0n) is 8.07. The normalized spacial score (nSPS) is 15.7. The summed E-state index contributed by atoms with van der Waals surface area (Å²) in [5.41, 5.74) is 1.53. The molecule has 14 heavy (non-hydrogen) atoms. The molecule has 0 saturated carbocycles. The van der Waals surface area contributed by atoms with Gasteiger partial charge in [0.15, 0.2) is 0 Å². The second-order valence-corrected chi connectivity index (χ2v) is 3.43. The first-order valence-electron chi connectivity index (χ1n) is 4.61. The van der Waals surface area contributed by atoms with Crippen molar-refractivity contribution < 1.29 is 0 Å². The second-order valence-electron chi connectivity index (χ2n) is 3.43. The first kappa shape index (κ1) is 8.97. The number of aromatic nitrogens is 1. The molecule has 0 spiro atoms. The van der Waals surface area contributed by atoms with E-state index in [1.165, 1.54) is 0 Å². The summed E-state index contributed by atoms with van der Waals surface area (Å²) in [5.74, 6) is 0. The lowest BCUT2D eigenvalue weighted by molar-refractivity contribution is 0.428. The molecule has 1 aromatic heterocycles. The summed E-state index contributed by atoms with van der Waals surface area (Å²) in [6.45, 7) is 2.03. The molecule has 1 aliphatic rings. The van der Waals surface area contributed by atoms with Crippen LogP contribution in [0.4, 0.5) is 5.69 Å². The van der Waals surface area contributed by atoms with Crippen molar-refractivity contribution in [2.24, 2.45) is 0 Å². The highest BCUT2D eigenvalue weighted by Crippen LogP contribution is 2.16. The molecular weight excluding hydrogens is 176 g/mol. The standard InChI is InChI=1S/C10H12N4/c1-14(10-6-12-7-10)9-2-3-13-8(4-9)5-11/h2-4,10,12H,6-7H2,1H3. The Morgan fingerprint density at radius 1 is 1.64 bits per heavy atom. The molecule has 0 aliphatic carbocycles. The molecule has 72 valence electrons. The van der Waals surface area contributed by atoms with E-state index >= 15 is 0 Å². The third kappa shape index (κ3) is 1.54. The zero-order valence-corrected chi connectivity index (χ0v) is 8.07. The first-order chi connectivity index (χ1) is 6.81. The van der Waals surface area contributed by atoms with Gasteiger partial charge < -0.3 is 10.2 Å². The molecule has 2 heterocycles. The summed E-state index contributed by atoms with van der Waals surface area (Å²) in [5, 5.41) is 11.9. The third-order valence-corrected chi connectivity index (χ3v) is 2.57. The van der Waals surface area contributed by atoms with Crippen molar-refractivity contribution >= 4 is 5.69 Å². The van der Waals surface area contributed by atoms with Crippen molar-refractivity contribution in [1.82, 2.24) is 10.3 Å². The van der Waals surface area contributed by atoms with Gasteiger partial charge in [0.1, 0.15) is 11.8 Å². The molecule has 1 saturated heterocycles. The third-order valence-electron chi connectivity index (χ3n) is 2.57. The van der Waals surface area contributed by atoms with Crippen molar-refractivity contribution in [2.45, 2.75) is 6.04 Å². The first-order valence-corrected chi connectivity index (χ1v) is 4.61. The number of likely N-dealkylation sites (N-methyl/N-ethyl adjacent to an activating group) is 1. The zero-order chi connectivity index (χ0) is 9.97. The van der Waals surface area contributed by atoms with Crippen molar-refractivity contribution in [2.75, 3.05) is 25.0 Å². The molecular formula is C10H12N4. The van der Waals surface area contributed by atoms with Crippen LogP contribution in [0.3, 0.4) is 0 Å². The van der Waals surface area contributed by atoms with E-state index in [-0.39, 0.29) is 0 Å². The lowest BCUT2D eigenvalue weighted by atomic mass is 10.1. The summed E-state index contributed by atoms with van der Waals surface area (Å²) >= 11 is 0. The number of nitrogens with zero attached hydrogens (tertiary/aromatic N) is 3. The van der Waals surface area contributed by atoms with E-state index in [9.17, 15) is 0 Å². The van der Waals surface area contributed by atoms with Crippen molar-refractivity contribution in [3.05, 3.63) is 24.0 Å². The number of nitrogens with one attached hydrogen (secondary N) is 1. The molecule has 0 amide bonds. The van der Waals surface area contributed by atoms with Crippen LogP contribution in [0.2, 0.25) is 0 Å². The maximum absolute atomic E-state index is 8.71. The molecule has 2 rings (SSSR count). The summed E-state index contributed by atoms with van der Waals surface area (Å²) in [6.07, 6.45) is 1.68. The average molecular weight is 188 g/mol. The molecule has 1 aliphatic heterocycles. The molecule has 0 unspecified atom stereocenters. The van der Waals surface area contributed by atoms with Crippen LogP contribution in [0.1, 0.15) is 5.69 Å². The Kier molecular flexibility index (Phi) is 2.33. The Labute approximate surface area is 83.2 Å². The van der Waals surface area contributed by atoms with Gasteiger partial charge in [-0.2, -0.15) is 5.26 Å². The maximum atomic E-state index is 8.71. The van der Waals surface area contributed by atoms with Gasteiger partial charge in [-0.25, -0.2) is 4.98 Å². The largest absolute Gasteiger partial charge is 0.369 e. The molecule has 1 N–H and O–H groups in total. The number of hydrogen-bond acceptors (Lipinski definition) is 4. The van der Waals surface area contributed by atoms with Gasteiger partial charge in [-0.1, -0.05) is 0 Å². The van der Waals surface area contributed by atoms with Crippen LogP contribution < -0.4 is 10.2 Å². The van der Waals surface area contributed by atoms with Gasteiger partial charge in [-0.15, -0.1) is 0 Å². The molecule has 4 heteroatoms. The van der Waals surface area contributed by atoms with E-state index in [1.54, 1.807) is 6.20 Å². The summed E-state index contributed by atoms with van der Waals surface area (Å²) < 4.78 is 0. The van der Waals surface area contributed by atoms with Crippen LogP contribution in [0.5, 0.6) is 0 Å². The molecule has 1 fully saturated rings. The van der Waals surface area contributed by atoms with Crippen LogP contribution in [-0.4, -0.2) is 31.2 Å². The number of rotatable bonds is 2. The molecule has 0 bridgehead atoms. The fraction of sp³-hybridized carbons (Fsp3) is 0.400. The molecule has 0 atom stereocenters. The van der Waals surface area contributed by atoms with Gasteiger partial charge in [0.2, 0.25) is 0 Å². The van der Waals surface area contributed by atoms with E-state index in [0.29, 0.717) is 11.7 Å². The van der Waals surface area contributed by atoms with E-state index in [0.717, 1.165) is 18.8 Å². The highest BCUT2D eigenvalue weighted by atomic mass is 15.2. The molecule has 0 aromatic carbocycles. The van der Waals surface area contributed by atoms with E-state index < -0.39 is 0 Å². The van der Waals surface area contributed by atoms with Gasteiger partial charge in [0, 0.05) is 32.0 Å². The fourth-order valence-electron chi connectivity index (χ4n) is 1.46. The predicted octanol–water partition coefficient (Wildman–Crippen LogP) is 0.361. The Bertz CT molecular complexity index is 365. The van der Waals surface area contributed by atoms with Crippen molar-refractivity contribution in [1.29, 1.82) is 5.26 Å². The molecule has 1 aromatic rings. The average Bonchev–Trinajstić information content (AvgIpc) is 2.15. The Morgan fingerprint density at radius 2 is 2.43 bits per heavy atom. The van der Waals surface area contributed by atoms with Crippen molar-refractivity contribution in [3.63, 3.8) is 0 Å². The highest BCUT2D eigenvalue weighted by molar-refractivity contribution is 5.49. The van der Waals surface area contributed by atoms with Crippen LogP contribution in [0.25, 0.3) is 0 Å². The van der Waals surface area contributed by atoms with Crippen LogP contribution in [0.15, 0.2) is 18.3 Å². The van der Waals surface area contributed by atoms with Gasteiger partial charge in [-0.3, -0.25) is 0 Å². The summed E-state index contributed by atoms with van der Waals surface area (Å²) in [7, 11) is 2.04. The monoisotopic (exact) mass is 188 g/mol. The second kappa shape index (κ2) is 3.64. The minimum Gasteiger partial charge on any atom is -0.369 e. The van der Waals surface area contributed by atoms with Gasteiger partial charge >= 0.3 is 0 Å². The number of nitriles is 1. The van der Waals surface area contributed by atoms with Crippen LogP contribution >= 0.6 is 0 Å². The van der Waals surface area contributed by atoms with Gasteiger partial charge in [0.05, 0.1) is 6.04 Å². The SMILES string of the molecule is CN(c1ccnc(C#N)c1)C1CNC1. The van der Waals surface area contributed by atoms with Gasteiger partial charge in [0.25, 0.3) is 0 Å². The maximum Gasteiger partial charge on any atom is 0.142 e.